The number of halogens is 2. The molecule has 0 saturated heterocycles. The Morgan fingerprint density at radius 1 is 1.00 bits per heavy atom. The van der Waals surface area contributed by atoms with Crippen molar-refractivity contribution in [3.63, 3.8) is 0 Å². The summed E-state index contributed by atoms with van der Waals surface area (Å²) in [5, 5.41) is 0. The number of hydrogen-bond donors (Lipinski definition) is 2. The summed E-state index contributed by atoms with van der Waals surface area (Å²) in [6, 6.07) is 0. The minimum absolute atomic E-state index is 0. The first kappa shape index (κ1) is 22.5. The van der Waals surface area contributed by atoms with Crippen molar-refractivity contribution in [1.82, 2.24) is 0 Å². The van der Waals surface area contributed by atoms with E-state index in [2.05, 4.69) is 0 Å². The quantitative estimate of drug-likeness (QED) is 0.682. The maximum absolute atomic E-state index is 4.90. The molecule has 64 valence electrons. The average Bonchev–Trinajstić information content (AvgIpc) is 1.69. The van der Waals surface area contributed by atoms with E-state index in [0.29, 0.717) is 13.1 Å². The van der Waals surface area contributed by atoms with E-state index >= 15 is 0 Å². The average molecular weight is 360 g/mol. The van der Waals surface area contributed by atoms with Gasteiger partial charge in [0.25, 0.3) is 0 Å². The molecular weight excluding hydrogens is 350 g/mol. The van der Waals surface area contributed by atoms with Crippen molar-refractivity contribution in [1.29, 1.82) is 0 Å². The van der Waals surface area contributed by atoms with Gasteiger partial charge in [0.2, 0.25) is 0 Å². The SMILES string of the molecule is NCCN.[Cl][Pt+2][Cl].[OH-].[OH-]. The summed E-state index contributed by atoms with van der Waals surface area (Å²) in [6.07, 6.45) is 0. The molecule has 0 atom stereocenters. The Hall–Kier alpha value is 1.11. The van der Waals surface area contributed by atoms with Gasteiger partial charge in [-0.25, -0.2) is 0 Å². The molecule has 7 heteroatoms. The van der Waals surface area contributed by atoms with Crippen LogP contribution in [0.25, 0.3) is 0 Å². The van der Waals surface area contributed by atoms with Crippen molar-refractivity contribution in [2.75, 3.05) is 13.1 Å². The molecule has 0 saturated carbocycles. The molecule has 0 aromatic heterocycles. The zero-order valence-electron chi connectivity index (χ0n) is 4.54. The van der Waals surface area contributed by atoms with Crippen LogP contribution in [0.5, 0.6) is 0 Å². The maximum atomic E-state index is 4.90. The van der Waals surface area contributed by atoms with E-state index in [4.69, 9.17) is 30.3 Å². The number of nitrogens with two attached hydrogens (primary N) is 2. The normalized spacial score (nSPS) is 5.78. The molecule has 0 radical (unpaired) electrons. The third kappa shape index (κ3) is 104. The fourth-order valence-corrected chi connectivity index (χ4v) is 0. The van der Waals surface area contributed by atoms with Crippen molar-refractivity contribution in [3.05, 3.63) is 0 Å². The van der Waals surface area contributed by atoms with Gasteiger partial charge in [0.05, 0.1) is 0 Å². The van der Waals surface area contributed by atoms with Gasteiger partial charge in [-0.05, 0) is 0 Å². The summed E-state index contributed by atoms with van der Waals surface area (Å²) >= 11 is -0.472. The van der Waals surface area contributed by atoms with Crippen LogP contribution < -0.4 is 11.5 Å². The number of hydrogen-bond acceptors (Lipinski definition) is 4. The minimum atomic E-state index is -0.472. The van der Waals surface area contributed by atoms with Crippen LogP contribution in [-0.2, 0) is 16.5 Å². The summed E-state index contributed by atoms with van der Waals surface area (Å²) in [4.78, 5) is 0. The van der Waals surface area contributed by atoms with Crippen molar-refractivity contribution in [2.24, 2.45) is 11.5 Å². The van der Waals surface area contributed by atoms with Gasteiger partial charge in [-0.15, -0.1) is 0 Å². The van der Waals surface area contributed by atoms with Gasteiger partial charge < -0.3 is 22.4 Å². The van der Waals surface area contributed by atoms with Gasteiger partial charge in [0.1, 0.15) is 0 Å². The molecular formula is C2H10Cl2N2O2Pt. The monoisotopic (exact) mass is 359 g/mol. The molecule has 0 aliphatic heterocycles. The van der Waals surface area contributed by atoms with Crippen LogP contribution in [0.1, 0.15) is 0 Å². The molecule has 0 bridgehead atoms. The van der Waals surface area contributed by atoms with Crippen molar-refractivity contribution in [2.45, 2.75) is 0 Å². The summed E-state index contributed by atoms with van der Waals surface area (Å²) < 4.78 is 0. The third-order valence-corrected chi connectivity index (χ3v) is 0.167. The Bertz CT molecular complexity index is 28.0. The first-order valence-corrected chi connectivity index (χ1v) is 7.19. The van der Waals surface area contributed by atoms with Gasteiger partial charge >= 0.3 is 35.3 Å². The van der Waals surface area contributed by atoms with Crippen LogP contribution in [-0.4, -0.2) is 24.0 Å². The Morgan fingerprint density at radius 2 is 1.11 bits per heavy atom. The third-order valence-electron chi connectivity index (χ3n) is 0.167. The molecule has 0 fully saturated rings. The summed E-state index contributed by atoms with van der Waals surface area (Å²) in [6.45, 7) is 1.19. The van der Waals surface area contributed by atoms with Gasteiger partial charge in [-0.1, -0.05) is 0 Å². The molecule has 0 aromatic rings. The van der Waals surface area contributed by atoms with Crippen molar-refractivity contribution < 1.29 is 27.4 Å². The van der Waals surface area contributed by atoms with Gasteiger partial charge in [0, 0.05) is 13.1 Å². The molecule has 0 amide bonds. The summed E-state index contributed by atoms with van der Waals surface area (Å²) in [5.74, 6) is 0. The van der Waals surface area contributed by atoms with Crippen LogP contribution in [0.15, 0.2) is 0 Å². The fraction of sp³-hybridized carbons (Fsp3) is 1.00. The zero-order valence-corrected chi connectivity index (χ0v) is 8.32. The second-order valence-electron chi connectivity index (χ2n) is 0.623. The predicted octanol–water partition coefficient (Wildman–Crippen LogP) is -0.0733. The maximum Gasteiger partial charge on any atom is -0.870 e. The zero-order chi connectivity index (χ0) is 6.12. The van der Waals surface area contributed by atoms with E-state index in [1.165, 1.54) is 0 Å². The number of rotatable bonds is 1. The first-order chi connectivity index (χ1) is 3.33. The van der Waals surface area contributed by atoms with Crippen LogP contribution in [0.2, 0.25) is 0 Å². The van der Waals surface area contributed by atoms with Crippen LogP contribution in [0, 0.1) is 0 Å². The van der Waals surface area contributed by atoms with Gasteiger partial charge in [-0.3, -0.25) is 0 Å². The molecule has 0 rings (SSSR count). The largest absolute Gasteiger partial charge is 0.870 e. The first-order valence-electron chi connectivity index (χ1n) is 1.56. The second-order valence-corrected chi connectivity index (χ2v) is 3.91. The Kier molecular flexibility index (Phi) is 88.6. The molecule has 4 nitrogen and oxygen atoms in total. The molecule has 0 aromatic carbocycles. The predicted molar refractivity (Wildman–Crippen MR) is 33.7 cm³/mol. The van der Waals surface area contributed by atoms with E-state index < -0.39 is 16.5 Å². The molecule has 9 heavy (non-hydrogen) atoms. The Labute approximate surface area is 70.9 Å². The minimum Gasteiger partial charge on any atom is -0.870 e. The molecule has 0 aliphatic carbocycles. The molecule has 6 N–H and O–H groups in total. The van der Waals surface area contributed by atoms with Gasteiger partial charge in [-0.2, -0.15) is 0 Å². The molecule has 0 spiro atoms. The van der Waals surface area contributed by atoms with E-state index in [-0.39, 0.29) is 11.0 Å². The topological polar surface area (TPSA) is 112 Å². The van der Waals surface area contributed by atoms with Crippen LogP contribution >= 0.6 is 18.8 Å². The van der Waals surface area contributed by atoms with Crippen molar-refractivity contribution >= 4 is 18.8 Å². The molecule has 0 heterocycles. The molecule has 0 unspecified atom stereocenters. The standard InChI is InChI=1S/C2H8N2.2ClH.2H2O.Pt/c3-1-2-4;;;;;/h1-4H2;2*1H;2*1H2;/q;;;;;+4/p-4. The van der Waals surface area contributed by atoms with Gasteiger partial charge in [0.15, 0.2) is 0 Å². The van der Waals surface area contributed by atoms with E-state index in [1.807, 2.05) is 0 Å². The Morgan fingerprint density at radius 3 is 1.11 bits per heavy atom. The van der Waals surface area contributed by atoms with E-state index in [0.717, 1.165) is 0 Å². The Balaban J connectivity index is -0.0000000233. The van der Waals surface area contributed by atoms with Crippen LogP contribution in [0.4, 0.5) is 0 Å². The summed E-state index contributed by atoms with van der Waals surface area (Å²) in [7, 11) is 9.75. The molecule has 0 aliphatic rings. The smallest absolute Gasteiger partial charge is 0.870 e. The fourth-order valence-electron chi connectivity index (χ4n) is 0. The van der Waals surface area contributed by atoms with E-state index in [9.17, 15) is 0 Å². The van der Waals surface area contributed by atoms with Crippen molar-refractivity contribution in [3.8, 4) is 0 Å². The van der Waals surface area contributed by atoms with E-state index in [1.54, 1.807) is 0 Å². The van der Waals surface area contributed by atoms with Crippen LogP contribution in [0.3, 0.4) is 0 Å². The summed E-state index contributed by atoms with van der Waals surface area (Å²) in [5.41, 5.74) is 9.81. The second kappa shape index (κ2) is 35.5.